The van der Waals surface area contributed by atoms with Crippen LogP contribution in [0.2, 0.25) is 0 Å². The Bertz CT molecular complexity index is 807. The molecule has 0 spiro atoms. The van der Waals surface area contributed by atoms with Gasteiger partial charge in [-0.1, -0.05) is 34.1 Å². The van der Waals surface area contributed by atoms with E-state index in [9.17, 15) is 4.39 Å². The van der Waals surface area contributed by atoms with Crippen LogP contribution >= 0.6 is 15.9 Å². The smallest absolute Gasteiger partial charge is 0.225 e. The van der Waals surface area contributed by atoms with E-state index in [4.69, 9.17) is 4.74 Å². The van der Waals surface area contributed by atoms with Gasteiger partial charge >= 0.3 is 0 Å². The Labute approximate surface area is 129 Å². The molecule has 0 aliphatic carbocycles. The largest absolute Gasteiger partial charge is 0.472 e. The van der Waals surface area contributed by atoms with Crippen LogP contribution in [-0.4, -0.2) is 9.97 Å². The molecule has 0 N–H and O–H groups in total. The van der Waals surface area contributed by atoms with Crippen LogP contribution in [0.5, 0.6) is 5.88 Å². The van der Waals surface area contributed by atoms with E-state index in [0.717, 1.165) is 10.9 Å². The van der Waals surface area contributed by atoms with Crippen molar-refractivity contribution in [1.29, 1.82) is 0 Å². The molecule has 0 radical (unpaired) electrons. The highest BCUT2D eigenvalue weighted by Crippen LogP contribution is 2.23. The van der Waals surface area contributed by atoms with E-state index in [1.165, 1.54) is 6.07 Å². The molecule has 3 aromatic rings. The number of aromatic nitrogens is 2. The minimum Gasteiger partial charge on any atom is -0.472 e. The molecule has 21 heavy (non-hydrogen) atoms. The van der Waals surface area contributed by atoms with Crippen LogP contribution in [0.1, 0.15) is 11.4 Å². The summed E-state index contributed by atoms with van der Waals surface area (Å²) in [5, 5.41) is 0.820. The van der Waals surface area contributed by atoms with Gasteiger partial charge in [0, 0.05) is 10.0 Å². The zero-order chi connectivity index (χ0) is 14.8. The van der Waals surface area contributed by atoms with E-state index in [-0.39, 0.29) is 12.4 Å². The highest BCUT2D eigenvalue weighted by atomic mass is 79.9. The first kappa shape index (κ1) is 13.9. The second-order valence-corrected chi connectivity index (χ2v) is 5.53. The number of halogens is 2. The van der Waals surface area contributed by atoms with Crippen LogP contribution in [0.4, 0.5) is 4.39 Å². The summed E-state index contributed by atoms with van der Waals surface area (Å²) in [4.78, 5) is 8.65. The first-order chi connectivity index (χ1) is 10.1. The van der Waals surface area contributed by atoms with Crippen molar-refractivity contribution in [3.63, 3.8) is 0 Å². The Balaban J connectivity index is 1.91. The average molecular weight is 347 g/mol. The number of aryl methyl sites for hydroxylation is 1. The van der Waals surface area contributed by atoms with Crippen molar-refractivity contribution in [3.05, 3.63) is 64.1 Å². The van der Waals surface area contributed by atoms with Crippen molar-refractivity contribution >= 4 is 26.8 Å². The van der Waals surface area contributed by atoms with E-state index in [1.54, 1.807) is 19.1 Å². The van der Waals surface area contributed by atoms with Crippen molar-refractivity contribution in [1.82, 2.24) is 9.97 Å². The molecule has 0 saturated carbocycles. The maximum atomic E-state index is 13.8. The second kappa shape index (κ2) is 5.77. The number of benzene rings is 2. The minimum absolute atomic E-state index is 0.125. The van der Waals surface area contributed by atoms with Gasteiger partial charge in [-0.2, -0.15) is 4.98 Å². The third-order valence-electron chi connectivity index (χ3n) is 3.06. The molecule has 0 aliphatic rings. The number of ether oxygens (including phenoxy) is 1. The third kappa shape index (κ3) is 3.03. The summed E-state index contributed by atoms with van der Waals surface area (Å²) in [7, 11) is 0. The van der Waals surface area contributed by atoms with Crippen LogP contribution in [0.15, 0.2) is 46.9 Å². The number of para-hydroxylation sites is 1. The van der Waals surface area contributed by atoms with Gasteiger partial charge < -0.3 is 4.74 Å². The molecule has 2 aromatic carbocycles. The number of hydrogen-bond acceptors (Lipinski definition) is 3. The predicted octanol–water partition coefficient (Wildman–Crippen LogP) is 4.42. The third-order valence-corrected chi connectivity index (χ3v) is 3.55. The van der Waals surface area contributed by atoms with E-state index < -0.39 is 0 Å². The van der Waals surface area contributed by atoms with Crippen molar-refractivity contribution < 1.29 is 9.13 Å². The normalized spacial score (nSPS) is 10.8. The Morgan fingerprint density at radius 2 is 1.95 bits per heavy atom. The molecule has 1 aromatic heterocycles. The summed E-state index contributed by atoms with van der Waals surface area (Å²) in [6.07, 6.45) is 0. The SMILES string of the molecule is Cc1nc(OCc2ccc(Br)cc2F)c2ccccc2n1. The van der Waals surface area contributed by atoms with Crippen molar-refractivity contribution in [2.45, 2.75) is 13.5 Å². The molecule has 0 bridgehead atoms. The standard InChI is InChI=1S/C16H12BrFN2O/c1-10-19-15-5-3-2-4-13(15)16(20-10)21-9-11-6-7-12(17)8-14(11)18/h2-8H,9H2,1H3. The van der Waals surface area contributed by atoms with Crippen LogP contribution < -0.4 is 4.74 Å². The van der Waals surface area contributed by atoms with Gasteiger partial charge in [-0.15, -0.1) is 0 Å². The van der Waals surface area contributed by atoms with Gasteiger partial charge in [0.15, 0.2) is 0 Å². The van der Waals surface area contributed by atoms with Gasteiger partial charge in [-0.25, -0.2) is 9.37 Å². The molecule has 0 atom stereocenters. The molecule has 1 heterocycles. The summed E-state index contributed by atoms with van der Waals surface area (Å²) in [5.41, 5.74) is 1.30. The molecule has 3 rings (SSSR count). The quantitative estimate of drug-likeness (QED) is 0.704. The second-order valence-electron chi connectivity index (χ2n) is 4.62. The number of fused-ring (bicyclic) bond motifs is 1. The summed E-state index contributed by atoms with van der Waals surface area (Å²) in [5.74, 6) is 0.792. The molecule has 0 saturated heterocycles. The predicted molar refractivity (Wildman–Crippen MR) is 82.7 cm³/mol. The van der Waals surface area contributed by atoms with Gasteiger partial charge in [0.25, 0.3) is 0 Å². The average Bonchev–Trinajstić information content (AvgIpc) is 2.46. The first-order valence-electron chi connectivity index (χ1n) is 6.43. The number of nitrogens with zero attached hydrogens (tertiary/aromatic N) is 2. The molecule has 106 valence electrons. The molecule has 0 fully saturated rings. The lowest BCUT2D eigenvalue weighted by atomic mass is 10.2. The maximum Gasteiger partial charge on any atom is 0.225 e. The van der Waals surface area contributed by atoms with Crippen LogP contribution in [0.3, 0.4) is 0 Å². The minimum atomic E-state index is -0.306. The van der Waals surface area contributed by atoms with Crippen LogP contribution in [0, 0.1) is 12.7 Å². The Morgan fingerprint density at radius 1 is 1.14 bits per heavy atom. The van der Waals surface area contributed by atoms with Crippen LogP contribution in [-0.2, 0) is 6.61 Å². The highest BCUT2D eigenvalue weighted by Gasteiger charge is 2.09. The van der Waals surface area contributed by atoms with Crippen molar-refractivity contribution in [3.8, 4) is 5.88 Å². The lowest BCUT2D eigenvalue weighted by molar-refractivity contribution is 0.291. The lowest BCUT2D eigenvalue weighted by Crippen LogP contribution is -2.02. The van der Waals surface area contributed by atoms with Crippen molar-refractivity contribution in [2.75, 3.05) is 0 Å². The molecular formula is C16H12BrFN2O. The summed E-state index contributed by atoms with van der Waals surface area (Å²) in [6.45, 7) is 1.93. The van der Waals surface area contributed by atoms with E-state index in [1.807, 2.05) is 24.3 Å². The topological polar surface area (TPSA) is 35.0 Å². The molecule has 0 unspecified atom stereocenters. The summed E-state index contributed by atoms with van der Waals surface area (Å²) in [6, 6.07) is 12.5. The Morgan fingerprint density at radius 3 is 2.76 bits per heavy atom. The van der Waals surface area contributed by atoms with Gasteiger partial charge in [0.1, 0.15) is 18.2 Å². The molecule has 5 heteroatoms. The zero-order valence-electron chi connectivity index (χ0n) is 11.3. The van der Waals surface area contributed by atoms with E-state index in [2.05, 4.69) is 25.9 Å². The number of rotatable bonds is 3. The van der Waals surface area contributed by atoms with Crippen LogP contribution in [0.25, 0.3) is 10.9 Å². The van der Waals surface area contributed by atoms with Gasteiger partial charge in [0.2, 0.25) is 5.88 Å². The van der Waals surface area contributed by atoms with Gasteiger partial charge in [0.05, 0.1) is 10.9 Å². The van der Waals surface area contributed by atoms with Gasteiger partial charge in [-0.3, -0.25) is 0 Å². The molecular weight excluding hydrogens is 335 g/mol. The maximum absolute atomic E-state index is 13.8. The van der Waals surface area contributed by atoms with Gasteiger partial charge in [-0.05, 0) is 31.2 Å². The monoisotopic (exact) mass is 346 g/mol. The fourth-order valence-corrected chi connectivity index (χ4v) is 2.39. The summed E-state index contributed by atoms with van der Waals surface area (Å²) >= 11 is 3.23. The fraction of sp³-hybridized carbons (Fsp3) is 0.125. The molecule has 3 nitrogen and oxygen atoms in total. The zero-order valence-corrected chi connectivity index (χ0v) is 12.9. The Kier molecular flexibility index (Phi) is 3.84. The van der Waals surface area contributed by atoms with E-state index in [0.29, 0.717) is 21.7 Å². The Hall–Kier alpha value is -2.01. The molecule has 0 amide bonds. The molecule has 0 aliphatic heterocycles. The first-order valence-corrected chi connectivity index (χ1v) is 7.23. The fourth-order valence-electron chi connectivity index (χ4n) is 2.05. The lowest BCUT2D eigenvalue weighted by Gasteiger charge is -2.09. The highest BCUT2D eigenvalue weighted by molar-refractivity contribution is 9.10. The van der Waals surface area contributed by atoms with E-state index >= 15 is 0 Å². The van der Waals surface area contributed by atoms with Crippen molar-refractivity contribution in [2.24, 2.45) is 0 Å². The number of hydrogen-bond donors (Lipinski definition) is 0. The summed E-state index contributed by atoms with van der Waals surface area (Å²) < 4.78 is 20.2.